The predicted molar refractivity (Wildman–Crippen MR) is 56.7 cm³/mol. The third kappa shape index (κ3) is 5.19. The van der Waals surface area contributed by atoms with Crippen molar-refractivity contribution in [3.63, 3.8) is 0 Å². The molecular weight excluding hydrogens is 180 g/mol. The average molecular weight is 202 g/mol. The van der Waals surface area contributed by atoms with Crippen LogP contribution < -0.4 is 11.1 Å². The normalized spacial score (nSPS) is 15.3. The molecule has 1 amide bonds. The van der Waals surface area contributed by atoms with E-state index < -0.39 is 0 Å². The Kier molecular flexibility index (Phi) is 6.49. The highest BCUT2D eigenvalue weighted by atomic mass is 16.3. The molecule has 0 aromatic rings. The Morgan fingerprint density at radius 2 is 2.07 bits per heavy atom. The van der Waals surface area contributed by atoms with E-state index in [1.54, 1.807) is 0 Å². The summed E-state index contributed by atoms with van der Waals surface area (Å²) in [6, 6.07) is -0.243. The maximum absolute atomic E-state index is 11.4. The van der Waals surface area contributed by atoms with Gasteiger partial charge in [-0.25, -0.2) is 0 Å². The maximum Gasteiger partial charge on any atom is 0.221 e. The number of carbonyl (C=O) groups excluding carboxylic acids is 1. The fourth-order valence-electron chi connectivity index (χ4n) is 1.07. The lowest BCUT2D eigenvalue weighted by Crippen LogP contribution is -2.43. The van der Waals surface area contributed by atoms with E-state index in [9.17, 15) is 4.79 Å². The molecule has 0 aliphatic carbocycles. The summed E-state index contributed by atoms with van der Waals surface area (Å²) in [5.41, 5.74) is 5.64. The molecule has 4 heteroatoms. The topological polar surface area (TPSA) is 75.4 Å². The number of amides is 1. The molecule has 0 heterocycles. The Balaban J connectivity index is 3.91. The molecule has 14 heavy (non-hydrogen) atoms. The van der Waals surface area contributed by atoms with E-state index in [0.29, 0.717) is 6.42 Å². The summed E-state index contributed by atoms with van der Waals surface area (Å²) >= 11 is 0. The Labute approximate surface area is 85.9 Å². The van der Waals surface area contributed by atoms with Gasteiger partial charge in [0, 0.05) is 12.5 Å². The minimum absolute atomic E-state index is 0.0230. The first-order chi connectivity index (χ1) is 6.51. The van der Waals surface area contributed by atoms with Crippen molar-refractivity contribution in [3.8, 4) is 0 Å². The molecule has 0 radical (unpaired) electrons. The van der Waals surface area contributed by atoms with Crippen molar-refractivity contribution in [2.75, 3.05) is 6.61 Å². The third-order valence-electron chi connectivity index (χ3n) is 2.32. The van der Waals surface area contributed by atoms with Crippen molar-refractivity contribution in [2.45, 2.75) is 45.7 Å². The molecule has 0 rings (SSSR count). The summed E-state index contributed by atoms with van der Waals surface area (Å²) < 4.78 is 0. The second-order valence-electron chi connectivity index (χ2n) is 3.97. The van der Waals surface area contributed by atoms with Gasteiger partial charge in [-0.15, -0.1) is 0 Å². The molecule has 0 saturated heterocycles. The minimum Gasteiger partial charge on any atom is -0.394 e. The highest BCUT2D eigenvalue weighted by Gasteiger charge is 2.16. The molecule has 4 N–H and O–H groups in total. The van der Waals surface area contributed by atoms with Gasteiger partial charge < -0.3 is 16.2 Å². The number of nitrogens with two attached hydrogens (primary N) is 1. The summed E-state index contributed by atoms with van der Waals surface area (Å²) in [6.45, 7) is 5.84. The van der Waals surface area contributed by atoms with Crippen LogP contribution in [0, 0.1) is 5.92 Å². The number of nitrogens with one attached hydrogen (secondary N) is 1. The van der Waals surface area contributed by atoms with Crippen LogP contribution in [0.25, 0.3) is 0 Å². The lowest BCUT2D eigenvalue weighted by atomic mass is 10.0. The monoisotopic (exact) mass is 202 g/mol. The van der Waals surface area contributed by atoms with Gasteiger partial charge in [-0.1, -0.05) is 20.8 Å². The number of rotatable bonds is 6. The van der Waals surface area contributed by atoms with E-state index in [2.05, 4.69) is 5.32 Å². The van der Waals surface area contributed by atoms with Gasteiger partial charge in [0.25, 0.3) is 0 Å². The van der Waals surface area contributed by atoms with Crippen LogP contribution in [0.2, 0.25) is 0 Å². The van der Waals surface area contributed by atoms with Crippen LogP contribution in [0.4, 0.5) is 0 Å². The lowest BCUT2D eigenvalue weighted by molar-refractivity contribution is -0.122. The van der Waals surface area contributed by atoms with Crippen LogP contribution in [0.1, 0.15) is 33.6 Å². The summed E-state index contributed by atoms with van der Waals surface area (Å²) in [5, 5.41) is 11.8. The Morgan fingerprint density at radius 3 is 2.43 bits per heavy atom. The molecule has 0 aromatic heterocycles. The lowest BCUT2D eigenvalue weighted by Gasteiger charge is -2.20. The zero-order valence-corrected chi connectivity index (χ0v) is 9.29. The first-order valence-corrected chi connectivity index (χ1v) is 5.17. The largest absolute Gasteiger partial charge is 0.394 e. The summed E-state index contributed by atoms with van der Waals surface area (Å²) in [5.74, 6) is 0.161. The molecule has 0 bridgehead atoms. The van der Waals surface area contributed by atoms with Gasteiger partial charge in [0.15, 0.2) is 0 Å². The van der Waals surface area contributed by atoms with Gasteiger partial charge in [-0.2, -0.15) is 0 Å². The van der Waals surface area contributed by atoms with E-state index in [4.69, 9.17) is 10.8 Å². The molecule has 0 aromatic carbocycles. The number of aliphatic hydroxyl groups is 1. The Hall–Kier alpha value is -0.610. The van der Waals surface area contributed by atoms with Crippen molar-refractivity contribution in [3.05, 3.63) is 0 Å². The van der Waals surface area contributed by atoms with E-state index in [-0.39, 0.29) is 30.5 Å². The van der Waals surface area contributed by atoms with Gasteiger partial charge in [-0.05, 0) is 12.3 Å². The quantitative estimate of drug-likeness (QED) is 0.578. The van der Waals surface area contributed by atoms with E-state index in [1.807, 2.05) is 20.8 Å². The van der Waals surface area contributed by atoms with Crippen LogP contribution in [0.15, 0.2) is 0 Å². The number of aliphatic hydroxyl groups excluding tert-OH is 1. The standard InChI is InChI=1S/C10H22N2O2/c1-4-8(11)5-10(14)12-9(6-13)7(2)3/h7-9,13H,4-6,11H2,1-3H3,(H,12,14). The zero-order chi connectivity index (χ0) is 11.1. The summed E-state index contributed by atoms with van der Waals surface area (Å²) in [6.07, 6.45) is 1.12. The van der Waals surface area contributed by atoms with Crippen LogP contribution in [-0.4, -0.2) is 29.7 Å². The fraction of sp³-hybridized carbons (Fsp3) is 0.900. The van der Waals surface area contributed by atoms with E-state index in [1.165, 1.54) is 0 Å². The van der Waals surface area contributed by atoms with E-state index in [0.717, 1.165) is 6.42 Å². The smallest absolute Gasteiger partial charge is 0.221 e. The molecule has 0 saturated carbocycles. The van der Waals surface area contributed by atoms with Crippen molar-refractivity contribution in [2.24, 2.45) is 11.7 Å². The molecule has 0 spiro atoms. The predicted octanol–water partition coefficient (Wildman–Crippen LogP) is 0.247. The van der Waals surface area contributed by atoms with Crippen LogP contribution in [0.3, 0.4) is 0 Å². The number of hydrogen-bond acceptors (Lipinski definition) is 3. The van der Waals surface area contributed by atoms with Gasteiger partial charge in [0.05, 0.1) is 12.6 Å². The molecule has 4 nitrogen and oxygen atoms in total. The molecule has 0 aliphatic heterocycles. The number of hydrogen-bond donors (Lipinski definition) is 3. The highest BCUT2D eigenvalue weighted by Crippen LogP contribution is 2.01. The second-order valence-corrected chi connectivity index (χ2v) is 3.97. The molecule has 2 atom stereocenters. The molecular formula is C10H22N2O2. The first-order valence-electron chi connectivity index (χ1n) is 5.17. The van der Waals surface area contributed by atoms with E-state index >= 15 is 0 Å². The third-order valence-corrected chi connectivity index (χ3v) is 2.32. The summed E-state index contributed by atoms with van der Waals surface area (Å²) in [4.78, 5) is 11.4. The molecule has 0 fully saturated rings. The zero-order valence-electron chi connectivity index (χ0n) is 9.29. The van der Waals surface area contributed by atoms with Crippen molar-refractivity contribution >= 4 is 5.91 Å². The van der Waals surface area contributed by atoms with Crippen LogP contribution in [0.5, 0.6) is 0 Å². The van der Waals surface area contributed by atoms with Gasteiger partial charge in [0.2, 0.25) is 5.91 Å². The number of carbonyl (C=O) groups is 1. The van der Waals surface area contributed by atoms with Crippen LogP contribution >= 0.6 is 0 Å². The summed E-state index contributed by atoms with van der Waals surface area (Å²) in [7, 11) is 0. The maximum atomic E-state index is 11.4. The van der Waals surface area contributed by atoms with Gasteiger partial charge in [0.1, 0.15) is 0 Å². The minimum atomic E-state index is -0.161. The van der Waals surface area contributed by atoms with Crippen molar-refractivity contribution in [1.29, 1.82) is 0 Å². The second kappa shape index (κ2) is 6.79. The van der Waals surface area contributed by atoms with Crippen molar-refractivity contribution < 1.29 is 9.90 Å². The Morgan fingerprint density at radius 1 is 1.50 bits per heavy atom. The molecule has 0 aliphatic rings. The van der Waals surface area contributed by atoms with Crippen molar-refractivity contribution in [1.82, 2.24) is 5.32 Å². The fourth-order valence-corrected chi connectivity index (χ4v) is 1.07. The van der Waals surface area contributed by atoms with Gasteiger partial charge in [-0.3, -0.25) is 4.79 Å². The molecule has 84 valence electrons. The van der Waals surface area contributed by atoms with Gasteiger partial charge >= 0.3 is 0 Å². The average Bonchev–Trinajstić information content (AvgIpc) is 2.13. The first kappa shape index (κ1) is 13.4. The highest BCUT2D eigenvalue weighted by molar-refractivity contribution is 5.76. The molecule has 2 unspecified atom stereocenters. The van der Waals surface area contributed by atoms with Crippen LogP contribution in [-0.2, 0) is 4.79 Å². The SMILES string of the molecule is CCC(N)CC(=O)NC(CO)C(C)C. The Bertz CT molecular complexity index is 172.